The van der Waals surface area contributed by atoms with E-state index in [4.69, 9.17) is 26.9 Å². The number of aryl methyl sites for hydroxylation is 1. The van der Waals surface area contributed by atoms with Crippen LogP contribution in [0.15, 0.2) is 95.2 Å². The molecule has 0 unspecified atom stereocenters. The van der Waals surface area contributed by atoms with Crippen molar-refractivity contribution in [3.05, 3.63) is 96.2 Å². The van der Waals surface area contributed by atoms with Crippen LogP contribution in [0, 0.1) is 0 Å². The van der Waals surface area contributed by atoms with Crippen LogP contribution in [-0.2, 0) is 11.2 Å². The molecular weight excluding hydrogens is 578 g/mol. The number of piperidine rings is 1. The van der Waals surface area contributed by atoms with Crippen LogP contribution >= 0.6 is 0 Å². The maximum atomic E-state index is 12.4. The van der Waals surface area contributed by atoms with Crippen molar-refractivity contribution in [2.24, 2.45) is 27.5 Å². The van der Waals surface area contributed by atoms with Crippen LogP contribution in [0.5, 0.6) is 5.75 Å². The van der Waals surface area contributed by atoms with E-state index < -0.39 is 0 Å². The van der Waals surface area contributed by atoms with Crippen LogP contribution in [0.3, 0.4) is 0 Å². The third-order valence-corrected chi connectivity index (χ3v) is 7.30. The molecule has 6 N–H and O–H groups in total. The Kier molecular flexibility index (Phi) is 15.3. The van der Waals surface area contributed by atoms with Gasteiger partial charge in [0, 0.05) is 38.2 Å². The van der Waals surface area contributed by atoms with Crippen molar-refractivity contribution >= 4 is 23.7 Å². The number of hydrogen-bond acceptors (Lipinski definition) is 8. The number of likely N-dealkylation sites (tertiary alicyclic amines) is 1. The van der Waals surface area contributed by atoms with Gasteiger partial charge in [0.1, 0.15) is 11.5 Å². The summed E-state index contributed by atoms with van der Waals surface area (Å²) in [5.74, 6) is 12.0. The molecule has 0 spiro atoms. The number of benzene rings is 3. The number of aliphatic imine (C=N–C) groups is 1. The molecule has 10 nitrogen and oxygen atoms in total. The van der Waals surface area contributed by atoms with Gasteiger partial charge in [-0.1, -0.05) is 66.7 Å². The first-order valence-corrected chi connectivity index (χ1v) is 15.8. The molecule has 1 heterocycles. The summed E-state index contributed by atoms with van der Waals surface area (Å²) >= 11 is 0. The average Bonchev–Trinajstić information content (AvgIpc) is 3.10. The fraction of sp³-hybridized carbons (Fsp3) is 0.361. The van der Waals surface area contributed by atoms with E-state index in [1.807, 2.05) is 68.4 Å². The van der Waals surface area contributed by atoms with Gasteiger partial charge in [-0.3, -0.25) is 4.99 Å². The van der Waals surface area contributed by atoms with Crippen molar-refractivity contribution in [2.45, 2.75) is 52.0 Å². The van der Waals surface area contributed by atoms with Crippen molar-refractivity contribution in [1.29, 1.82) is 0 Å². The first-order chi connectivity index (χ1) is 22.3. The summed E-state index contributed by atoms with van der Waals surface area (Å²) in [7, 11) is 1.65. The molecule has 10 heteroatoms. The molecule has 1 aliphatic heterocycles. The van der Waals surface area contributed by atoms with Gasteiger partial charge in [0.2, 0.25) is 0 Å². The number of nitrogens with two attached hydrogens (primary N) is 3. The minimum Gasteiger partial charge on any atom is -0.497 e. The Morgan fingerprint density at radius 3 is 2.17 bits per heavy atom. The van der Waals surface area contributed by atoms with Crippen LogP contribution in [0.2, 0.25) is 0 Å². The van der Waals surface area contributed by atoms with E-state index in [1.54, 1.807) is 18.2 Å². The van der Waals surface area contributed by atoms with Gasteiger partial charge >= 0.3 is 6.03 Å². The zero-order chi connectivity index (χ0) is 33.1. The maximum absolute atomic E-state index is 12.4. The molecule has 0 bridgehead atoms. The quantitative estimate of drug-likeness (QED) is 0.0758. The standard InChI is InChI=1S/C21H26N4O2.C15H23N3O/c1-27-19-11-9-17(10-12-19)16-5-7-18(8-6-16)20(22)15-25(23)21(26)24-13-3-2-4-14-24;1-13(2)17-11-15(18-16)12-19-10-6-9-14-7-4-3-5-8-14/h5-12,15H,2-4,13-14,22-23H2,1H3;3-5,7-8,11,13H,6,9-10,12,16H2,1-2H3/b20-15-;17-11?,18-15+. The second-order valence-electron chi connectivity index (χ2n) is 11.3. The molecular formula is C36H49N7O3. The molecule has 3 aromatic rings. The van der Waals surface area contributed by atoms with Gasteiger partial charge in [0.15, 0.2) is 0 Å². The SMILES string of the molecule is CC(C)N=C/C(COCCCc1ccccc1)=N\N.COc1ccc(-c2ccc(/C(N)=C/N(N)C(=O)N3CCCCC3)cc2)cc1. The largest absolute Gasteiger partial charge is 0.497 e. The Bertz CT molecular complexity index is 1400. The number of urea groups is 1. The summed E-state index contributed by atoms with van der Waals surface area (Å²) in [6, 6.07) is 26.1. The lowest BCUT2D eigenvalue weighted by Gasteiger charge is -2.29. The van der Waals surface area contributed by atoms with Gasteiger partial charge < -0.3 is 25.9 Å². The predicted molar refractivity (Wildman–Crippen MR) is 188 cm³/mol. The first-order valence-electron chi connectivity index (χ1n) is 15.8. The third-order valence-electron chi connectivity index (χ3n) is 7.30. The normalized spacial score (nSPS) is 13.8. The monoisotopic (exact) mass is 627 g/mol. The Balaban J connectivity index is 0.000000268. The number of hydrazone groups is 1. The van der Waals surface area contributed by atoms with Gasteiger partial charge in [0.05, 0.1) is 19.4 Å². The zero-order valence-electron chi connectivity index (χ0n) is 27.3. The van der Waals surface area contributed by atoms with Crippen molar-refractivity contribution in [3.8, 4) is 16.9 Å². The molecule has 46 heavy (non-hydrogen) atoms. The van der Waals surface area contributed by atoms with E-state index in [2.05, 4.69) is 34.4 Å². The lowest BCUT2D eigenvalue weighted by molar-refractivity contribution is 0.159. The summed E-state index contributed by atoms with van der Waals surface area (Å²) in [6.07, 6.45) is 8.38. The van der Waals surface area contributed by atoms with Gasteiger partial charge in [-0.05, 0) is 80.3 Å². The molecule has 0 aliphatic carbocycles. The Morgan fingerprint density at radius 2 is 1.59 bits per heavy atom. The topological polar surface area (TPSA) is 145 Å². The second-order valence-corrected chi connectivity index (χ2v) is 11.3. The van der Waals surface area contributed by atoms with E-state index in [0.717, 1.165) is 72.6 Å². The smallest absolute Gasteiger partial charge is 0.338 e. The van der Waals surface area contributed by atoms with Crippen LogP contribution in [0.25, 0.3) is 16.8 Å². The minimum absolute atomic E-state index is 0.215. The molecule has 0 atom stereocenters. The predicted octanol–water partition coefficient (Wildman–Crippen LogP) is 5.83. The first kappa shape index (κ1) is 35.8. The van der Waals surface area contributed by atoms with Gasteiger partial charge in [0.25, 0.3) is 0 Å². The number of hydrogen-bond donors (Lipinski definition) is 3. The van der Waals surface area contributed by atoms with Crippen LogP contribution in [-0.4, -0.2) is 67.3 Å². The van der Waals surface area contributed by atoms with Crippen molar-refractivity contribution in [3.63, 3.8) is 0 Å². The van der Waals surface area contributed by atoms with Gasteiger partial charge in [-0.2, -0.15) is 5.10 Å². The summed E-state index contributed by atoms with van der Waals surface area (Å²) < 4.78 is 10.7. The van der Waals surface area contributed by atoms with Gasteiger partial charge in [-0.15, -0.1) is 0 Å². The number of rotatable bonds is 12. The number of hydrazine groups is 1. The van der Waals surface area contributed by atoms with Gasteiger partial charge in [-0.25, -0.2) is 15.6 Å². The van der Waals surface area contributed by atoms with E-state index in [1.165, 1.54) is 11.8 Å². The second kappa shape index (κ2) is 19.7. The minimum atomic E-state index is -0.215. The summed E-state index contributed by atoms with van der Waals surface area (Å²) in [6.45, 7) is 6.62. The molecule has 3 aromatic carbocycles. The van der Waals surface area contributed by atoms with E-state index >= 15 is 0 Å². The summed E-state index contributed by atoms with van der Waals surface area (Å²) in [5, 5.41) is 4.74. The molecule has 0 aromatic heterocycles. The maximum Gasteiger partial charge on any atom is 0.338 e. The molecule has 0 saturated carbocycles. The highest BCUT2D eigenvalue weighted by molar-refractivity contribution is 6.31. The fourth-order valence-corrected chi connectivity index (χ4v) is 4.71. The molecule has 4 rings (SSSR count). The molecule has 2 amide bonds. The number of amides is 2. The number of carbonyl (C=O) groups excluding carboxylic acids is 1. The number of carbonyl (C=O) groups is 1. The van der Waals surface area contributed by atoms with Crippen molar-refractivity contribution in [1.82, 2.24) is 9.91 Å². The molecule has 0 radical (unpaired) electrons. The molecule has 1 fully saturated rings. The number of nitrogens with zero attached hydrogens (tertiary/aromatic N) is 4. The summed E-state index contributed by atoms with van der Waals surface area (Å²) in [4.78, 5) is 18.4. The molecule has 246 valence electrons. The summed E-state index contributed by atoms with van der Waals surface area (Å²) in [5.41, 5.74) is 11.6. The lowest BCUT2D eigenvalue weighted by Crippen LogP contribution is -2.46. The van der Waals surface area contributed by atoms with E-state index in [9.17, 15) is 4.79 Å². The Hall–Kier alpha value is -4.67. The van der Waals surface area contributed by atoms with E-state index in [0.29, 0.717) is 24.6 Å². The van der Waals surface area contributed by atoms with Crippen LogP contribution in [0.1, 0.15) is 50.7 Å². The highest BCUT2D eigenvalue weighted by atomic mass is 16.5. The zero-order valence-corrected chi connectivity index (χ0v) is 27.3. The van der Waals surface area contributed by atoms with Crippen LogP contribution < -0.4 is 22.2 Å². The fourth-order valence-electron chi connectivity index (χ4n) is 4.71. The highest BCUT2D eigenvalue weighted by Gasteiger charge is 2.19. The third kappa shape index (κ3) is 12.4. The number of methoxy groups -OCH3 is 1. The van der Waals surface area contributed by atoms with Crippen molar-refractivity contribution in [2.75, 3.05) is 33.4 Å². The Labute approximate surface area is 273 Å². The molecule has 1 saturated heterocycles. The molecule has 1 aliphatic rings. The van der Waals surface area contributed by atoms with E-state index in [-0.39, 0.29) is 12.1 Å². The lowest BCUT2D eigenvalue weighted by atomic mass is 10.0. The number of ether oxygens (including phenoxy) is 2. The Morgan fingerprint density at radius 1 is 0.957 bits per heavy atom. The van der Waals surface area contributed by atoms with Crippen molar-refractivity contribution < 1.29 is 14.3 Å². The van der Waals surface area contributed by atoms with Crippen LogP contribution in [0.4, 0.5) is 4.79 Å². The average molecular weight is 628 g/mol. The highest BCUT2D eigenvalue weighted by Crippen LogP contribution is 2.24.